The van der Waals surface area contributed by atoms with Crippen molar-refractivity contribution in [3.8, 4) is 0 Å². The summed E-state index contributed by atoms with van der Waals surface area (Å²) < 4.78 is 22.2. The quantitative estimate of drug-likeness (QED) is 0.192. The first-order valence-electron chi connectivity index (χ1n) is 12.5. The van der Waals surface area contributed by atoms with Gasteiger partial charge >= 0.3 is 0 Å². The summed E-state index contributed by atoms with van der Waals surface area (Å²) in [6, 6.07) is 10.0. The lowest BCUT2D eigenvalue weighted by molar-refractivity contribution is -0.336. The number of carbonyl (C=O) groups is 2. The first-order chi connectivity index (χ1) is 18.7. The molecule has 0 saturated carbocycles. The number of fused-ring (bicyclic) bond motifs is 1. The zero-order chi connectivity index (χ0) is 28.3. The molecule has 4 rings (SSSR count). The Morgan fingerprint density at radius 1 is 0.846 bits per heavy atom. The Bertz CT molecular complexity index is 1150. The van der Waals surface area contributed by atoms with E-state index in [0.29, 0.717) is 0 Å². The van der Waals surface area contributed by atoms with Gasteiger partial charge in [0.05, 0.1) is 19.3 Å². The Hall–Kier alpha value is -2.72. The summed E-state index contributed by atoms with van der Waals surface area (Å²) in [6.45, 7) is -0.0631. The third-order valence-electron chi connectivity index (χ3n) is 6.94. The number of methoxy groups -OCH3 is 1. The number of amides is 2. The van der Waals surface area contributed by atoms with Gasteiger partial charge in [0.2, 0.25) is 5.91 Å². The molecule has 2 fully saturated rings. The summed E-state index contributed by atoms with van der Waals surface area (Å²) in [6.07, 6.45) is -11.1. The Balaban J connectivity index is 1.54. The number of hydrogen-bond acceptors (Lipinski definition) is 11. The number of ether oxygens (including phenoxy) is 4. The fourth-order valence-corrected chi connectivity index (χ4v) is 4.92. The third kappa shape index (κ3) is 6.22. The molecule has 2 aliphatic heterocycles. The van der Waals surface area contributed by atoms with E-state index in [1.54, 1.807) is 18.2 Å². The van der Waals surface area contributed by atoms with E-state index in [2.05, 4.69) is 10.6 Å². The summed E-state index contributed by atoms with van der Waals surface area (Å²) in [5.74, 6) is -1.08. The van der Waals surface area contributed by atoms with Crippen molar-refractivity contribution in [2.24, 2.45) is 0 Å². The van der Waals surface area contributed by atoms with Gasteiger partial charge < -0.3 is 55.1 Å². The molecule has 0 aromatic heterocycles. The number of aliphatic hydroxyl groups is 5. The molecule has 4 unspecified atom stereocenters. The minimum absolute atomic E-state index is 0.276. The molecule has 13 heteroatoms. The van der Waals surface area contributed by atoms with Crippen molar-refractivity contribution in [3.63, 3.8) is 0 Å². The Labute approximate surface area is 224 Å². The second-order valence-corrected chi connectivity index (χ2v) is 9.55. The molecule has 0 aliphatic carbocycles. The number of nitrogens with one attached hydrogen (secondary N) is 2. The molecule has 2 aromatic carbocycles. The van der Waals surface area contributed by atoms with Gasteiger partial charge in [-0.25, -0.2) is 0 Å². The van der Waals surface area contributed by atoms with Gasteiger partial charge in [0.1, 0.15) is 42.7 Å². The topological polar surface area (TPSA) is 196 Å². The van der Waals surface area contributed by atoms with Crippen molar-refractivity contribution < 1.29 is 54.1 Å². The fraction of sp³-hybridized carbons (Fsp3) is 0.538. The average molecular weight is 551 g/mol. The molecule has 13 nitrogen and oxygen atoms in total. The van der Waals surface area contributed by atoms with Crippen molar-refractivity contribution in [2.45, 2.75) is 68.2 Å². The number of aliphatic hydroxyl groups excluding tert-OH is 5. The van der Waals surface area contributed by atoms with Crippen LogP contribution in [0.1, 0.15) is 17.3 Å². The maximum Gasteiger partial charge on any atom is 0.251 e. The molecule has 2 aliphatic rings. The molecule has 0 radical (unpaired) electrons. The monoisotopic (exact) mass is 550 g/mol. The van der Waals surface area contributed by atoms with Crippen molar-refractivity contribution in [3.05, 3.63) is 48.0 Å². The fourth-order valence-electron chi connectivity index (χ4n) is 4.92. The average Bonchev–Trinajstić information content (AvgIpc) is 2.93. The molecular formula is C26H34N2O11. The van der Waals surface area contributed by atoms with Crippen LogP contribution >= 0.6 is 0 Å². The van der Waals surface area contributed by atoms with Crippen molar-refractivity contribution >= 4 is 22.6 Å². The van der Waals surface area contributed by atoms with Crippen LogP contribution < -0.4 is 10.6 Å². The summed E-state index contributed by atoms with van der Waals surface area (Å²) in [4.78, 5) is 24.8. The third-order valence-corrected chi connectivity index (χ3v) is 6.94. The van der Waals surface area contributed by atoms with Crippen LogP contribution in [0.5, 0.6) is 0 Å². The van der Waals surface area contributed by atoms with Crippen LogP contribution in [-0.4, -0.2) is 119 Å². The van der Waals surface area contributed by atoms with Gasteiger partial charge in [0, 0.05) is 19.6 Å². The molecule has 10 atom stereocenters. The molecular weight excluding hydrogens is 516 g/mol. The maximum atomic E-state index is 13.1. The number of carbonyl (C=O) groups excluding carboxylic acids is 2. The molecule has 0 bridgehead atoms. The standard InChI is InChI=1S/C26H34N2O11/c1-12(31)27-19-21(33)23(17(11-30)38-25(19)36-2)39-26-22(34)18(20(32)16(10-29)37-26)28-24(35)15-8-7-13-5-3-4-6-14(13)9-15/h3-9,16-23,25-26,29-30,32-34H,10-11H2,1-2H3,(H,27,31)(H,28,35)/t16?,17?,18?,19-,20-,21?,22-,23+,25+,26-/m0/s1. The Morgan fingerprint density at radius 3 is 2.15 bits per heavy atom. The van der Waals surface area contributed by atoms with E-state index in [1.165, 1.54) is 14.0 Å². The van der Waals surface area contributed by atoms with Crippen LogP contribution in [0.2, 0.25) is 0 Å². The van der Waals surface area contributed by atoms with Crippen LogP contribution in [0.3, 0.4) is 0 Å². The number of benzene rings is 2. The minimum Gasteiger partial charge on any atom is -0.394 e. The first-order valence-corrected chi connectivity index (χ1v) is 12.5. The van der Waals surface area contributed by atoms with Gasteiger partial charge in [-0.3, -0.25) is 9.59 Å². The molecule has 2 heterocycles. The summed E-state index contributed by atoms with van der Waals surface area (Å²) in [5, 5.41) is 59.3. The van der Waals surface area contributed by atoms with Crippen LogP contribution in [0, 0.1) is 0 Å². The van der Waals surface area contributed by atoms with Crippen molar-refractivity contribution in [2.75, 3.05) is 20.3 Å². The zero-order valence-electron chi connectivity index (χ0n) is 21.4. The SMILES string of the molecule is CO[C@@H]1OC(CO)[C@@H](O[C@@H]2OC(CO)[C@H](O)C(NC(=O)c3ccc4ccccc4c3)[C@@H]2O)C(O)[C@@H]1NC(C)=O. The molecule has 2 saturated heterocycles. The van der Waals surface area contributed by atoms with Crippen molar-refractivity contribution in [1.29, 1.82) is 0 Å². The van der Waals surface area contributed by atoms with E-state index in [0.717, 1.165) is 10.8 Å². The largest absolute Gasteiger partial charge is 0.394 e. The van der Waals surface area contributed by atoms with E-state index in [9.17, 15) is 35.1 Å². The molecule has 0 spiro atoms. The van der Waals surface area contributed by atoms with Crippen LogP contribution in [0.25, 0.3) is 10.8 Å². The van der Waals surface area contributed by atoms with Gasteiger partial charge in [-0.05, 0) is 22.9 Å². The van der Waals surface area contributed by atoms with Gasteiger partial charge in [-0.15, -0.1) is 0 Å². The second kappa shape index (κ2) is 12.6. The number of hydrogen-bond donors (Lipinski definition) is 7. The minimum atomic E-state index is -1.67. The summed E-state index contributed by atoms with van der Waals surface area (Å²) >= 11 is 0. The molecule has 2 amide bonds. The maximum absolute atomic E-state index is 13.1. The van der Waals surface area contributed by atoms with E-state index in [1.807, 2.05) is 24.3 Å². The van der Waals surface area contributed by atoms with Crippen LogP contribution in [0.4, 0.5) is 0 Å². The lowest BCUT2D eigenvalue weighted by atomic mass is 9.94. The highest BCUT2D eigenvalue weighted by Crippen LogP contribution is 2.30. The predicted molar refractivity (Wildman–Crippen MR) is 134 cm³/mol. The Kier molecular flexibility index (Phi) is 9.48. The van der Waals surface area contributed by atoms with Crippen LogP contribution in [0.15, 0.2) is 42.5 Å². The van der Waals surface area contributed by atoms with Gasteiger partial charge in [0.15, 0.2) is 12.6 Å². The van der Waals surface area contributed by atoms with E-state index in [-0.39, 0.29) is 5.56 Å². The normalized spacial score (nSPS) is 34.9. The van der Waals surface area contributed by atoms with Gasteiger partial charge in [0.25, 0.3) is 5.91 Å². The second-order valence-electron chi connectivity index (χ2n) is 9.55. The highest BCUT2D eigenvalue weighted by atomic mass is 16.7. The summed E-state index contributed by atoms with van der Waals surface area (Å²) in [7, 11) is 1.30. The van der Waals surface area contributed by atoms with E-state index >= 15 is 0 Å². The summed E-state index contributed by atoms with van der Waals surface area (Å²) in [5.41, 5.74) is 0.276. The predicted octanol–water partition coefficient (Wildman–Crippen LogP) is -2.01. The number of rotatable bonds is 8. The van der Waals surface area contributed by atoms with Crippen molar-refractivity contribution in [1.82, 2.24) is 10.6 Å². The first kappa shape index (κ1) is 29.3. The lowest BCUT2D eigenvalue weighted by Crippen LogP contribution is -2.69. The lowest BCUT2D eigenvalue weighted by Gasteiger charge is -2.47. The van der Waals surface area contributed by atoms with Gasteiger partial charge in [-0.1, -0.05) is 30.3 Å². The Morgan fingerprint density at radius 2 is 1.51 bits per heavy atom. The van der Waals surface area contributed by atoms with Crippen LogP contribution in [-0.2, 0) is 23.7 Å². The molecule has 214 valence electrons. The smallest absolute Gasteiger partial charge is 0.251 e. The molecule has 2 aromatic rings. The molecule has 7 N–H and O–H groups in total. The zero-order valence-corrected chi connectivity index (χ0v) is 21.4. The van der Waals surface area contributed by atoms with E-state index in [4.69, 9.17) is 18.9 Å². The molecule has 39 heavy (non-hydrogen) atoms. The highest BCUT2D eigenvalue weighted by Gasteiger charge is 2.51. The van der Waals surface area contributed by atoms with E-state index < -0.39 is 86.3 Å². The highest BCUT2D eigenvalue weighted by molar-refractivity contribution is 5.98. The van der Waals surface area contributed by atoms with Gasteiger partial charge in [-0.2, -0.15) is 0 Å².